The smallest absolute Gasteiger partial charge is 0.307 e. The van der Waals surface area contributed by atoms with Crippen LogP contribution < -0.4 is 11.2 Å². The molecule has 0 atom stereocenters. The first-order valence-corrected chi connectivity index (χ1v) is 7.87. The Kier molecular flexibility index (Phi) is 3.31. The zero-order chi connectivity index (χ0) is 16.0. The Bertz CT molecular complexity index is 1020. The number of H-pyrrole nitrogens is 1. The maximum Gasteiger partial charge on any atom is 0.329 e. The molecule has 0 unspecified atom stereocenters. The Balaban J connectivity index is 1.81. The van der Waals surface area contributed by atoms with Crippen LogP contribution in [0.5, 0.6) is 0 Å². The molecule has 0 radical (unpaired) electrons. The lowest BCUT2D eigenvalue weighted by molar-refractivity contribution is 0.709. The molecule has 0 aliphatic heterocycles. The van der Waals surface area contributed by atoms with Crippen molar-refractivity contribution in [1.82, 2.24) is 14.5 Å². The number of halogens is 1. The summed E-state index contributed by atoms with van der Waals surface area (Å²) in [6, 6.07) is 8.68. The number of nitrogens with one attached hydrogen (secondary N) is 1. The van der Waals surface area contributed by atoms with Crippen molar-refractivity contribution in [3.63, 3.8) is 0 Å². The van der Waals surface area contributed by atoms with E-state index in [-0.39, 0.29) is 12.1 Å². The summed E-state index contributed by atoms with van der Waals surface area (Å²) in [5.41, 5.74) is 1.67. The van der Waals surface area contributed by atoms with Crippen LogP contribution in [0.15, 0.2) is 46.1 Å². The minimum atomic E-state index is -0.422. The molecule has 0 amide bonds. The number of rotatable bonds is 3. The van der Waals surface area contributed by atoms with Crippen LogP contribution in [-0.2, 0) is 6.54 Å². The number of aromatic nitrogens is 3. The second-order valence-corrected chi connectivity index (χ2v) is 6.31. The highest BCUT2D eigenvalue weighted by Gasteiger charge is 2.25. The van der Waals surface area contributed by atoms with Crippen LogP contribution in [0.4, 0.5) is 0 Å². The Morgan fingerprint density at radius 3 is 2.83 bits per heavy atom. The highest BCUT2D eigenvalue weighted by Crippen LogP contribution is 2.38. The zero-order valence-electron chi connectivity index (χ0n) is 12.3. The number of aromatic amines is 1. The molecule has 4 rings (SSSR count). The second-order valence-electron chi connectivity index (χ2n) is 5.87. The molecule has 1 saturated carbocycles. The molecule has 0 bridgehead atoms. The molecule has 116 valence electrons. The lowest BCUT2D eigenvalue weighted by Gasteiger charge is -2.08. The maximum atomic E-state index is 12.6. The van der Waals surface area contributed by atoms with Gasteiger partial charge in [-0.1, -0.05) is 11.6 Å². The van der Waals surface area contributed by atoms with E-state index in [0.717, 1.165) is 24.1 Å². The van der Waals surface area contributed by atoms with Gasteiger partial charge in [-0.2, -0.15) is 0 Å². The normalized spacial score (nSPS) is 14.3. The van der Waals surface area contributed by atoms with Gasteiger partial charge < -0.3 is 4.98 Å². The monoisotopic (exact) mass is 327 g/mol. The quantitative estimate of drug-likeness (QED) is 0.804. The summed E-state index contributed by atoms with van der Waals surface area (Å²) >= 11 is 5.96. The van der Waals surface area contributed by atoms with Gasteiger partial charge in [0, 0.05) is 22.8 Å². The average Bonchev–Trinajstić information content (AvgIpc) is 3.38. The van der Waals surface area contributed by atoms with Gasteiger partial charge in [-0.25, -0.2) is 4.79 Å². The lowest BCUT2D eigenvalue weighted by Crippen LogP contribution is -2.35. The predicted molar refractivity (Wildman–Crippen MR) is 89.2 cm³/mol. The first-order valence-electron chi connectivity index (χ1n) is 7.49. The molecule has 1 aromatic carbocycles. The van der Waals surface area contributed by atoms with Gasteiger partial charge in [-0.15, -0.1) is 0 Å². The zero-order valence-corrected chi connectivity index (χ0v) is 13.0. The molecule has 23 heavy (non-hydrogen) atoms. The van der Waals surface area contributed by atoms with Crippen molar-refractivity contribution < 1.29 is 0 Å². The van der Waals surface area contributed by atoms with Crippen molar-refractivity contribution >= 4 is 22.5 Å². The molecule has 1 aliphatic carbocycles. The summed E-state index contributed by atoms with van der Waals surface area (Å²) in [4.78, 5) is 31.9. The van der Waals surface area contributed by atoms with E-state index in [9.17, 15) is 9.59 Å². The average molecular weight is 328 g/mol. The predicted octanol–water partition coefficient (Wildman–Crippen LogP) is 2.66. The molecule has 0 saturated heterocycles. The molecular weight excluding hydrogens is 314 g/mol. The molecule has 6 heteroatoms. The Hall–Kier alpha value is -2.40. The molecular formula is C17H14ClN3O2. The van der Waals surface area contributed by atoms with E-state index in [1.54, 1.807) is 24.4 Å². The third-order valence-electron chi connectivity index (χ3n) is 4.13. The number of pyridine rings is 1. The van der Waals surface area contributed by atoms with Gasteiger partial charge in [0.1, 0.15) is 0 Å². The third-order valence-corrected chi connectivity index (χ3v) is 4.36. The van der Waals surface area contributed by atoms with Crippen LogP contribution in [0.2, 0.25) is 5.02 Å². The Labute approximate surface area is 136 Å². The molecule has 5 nitrogen and oxygen atoms in total. The summed E-state index contributed by atoms with van der Waals surface area (Å²) in [5.74, 6) is 0.528. The molecule has 1 fully saturated rings. The van der Waals surface area contributed by atoms with E-state index >= 15 is 0 Å². The van der Waals surface area contributed by atoms with Gasteiger partial charge in [0.15, 0.2) is 0 Å². The standard InChI is InChI=1S/C17H14ClN3O2/c18-12-3-4-14-13(8-12)16(22)21(17(23)20-14)9-10-5-6-19-15(7-10)11-1-2-11/h3-8,11H,1-2,9H2,(H,20,23). The Morgan fingerprint density at radius 1 is 1.22 bits per heavy atom. The van der Waals surface area contributed by atoms with Crippen molar-refractivity contribution in [2.45, 2.75) is 25.3 Å². The summed E-state index contributed by atoms with van der Waals surface area (Å²) in [5, 5.41) is 0.877. The second kappa shape index (κ2) is 5.35. The van der Waals surface area contributed by atoms with Crippen molar-refractivity contribution in [1.29, 1.82) is 0 Å². The Morgan fingerprint density at radius 2 is 2.04 bits per heavy atom. The van der Waals surface area contributed by atoms with Crippen LogP contribution in [0.1, 0.15) is 30.0 Å². The minimum absolute atomic E-state index is 0.221. The molecule has 3 aromatic rings. The number of hydrogen-bond donors (Lipinski definition) is 1. The fourth-order valence-electron chi connectivity index (χ4n) is 2.74. The summed E-state index contributed by atoms with van der Waals surface area (Å²) in [6.07, 6.45) is 4.05. The number of hydrogen-bond acceptors (Lipinski definition) is 3. The van der Waals surface area contributed by atoms with E-state index in [1.807, 2.05) is 12.1 Å². The van der Waals surface area contributed by atoms with Crippen LogP contribution in [0.25, 0.3) is 10.9 Å². The van der Waals surface area contributed by atoms with Gasteiger partial charge >= 0.3 is 5.69 Å². The van der Waals surface area contributed by atoms with E-state index in [2.05, 4.69) is 9.97 Å². The highest BCUT2D eigenvalue weighted by molar-refractivity contribution is 6.31. The first-order chi connectivity index (χ1) is 11.1. The van der Waals surface area contributed by atoms with Crippen molar-refractivity contribution in [3.05, 3.63) is 73.6 Å². The summed E-state index contributed by atoms with van der Waals surface area (Å²) < 4.78 is 1.20. The van der Waals surface area contributed by atoms with Crippen molar-refractivity contribution in [2.24, 2.45) is 0 Å². The van der Waals surface area contributed by atoms with Crippen LogP contribution in [-0.4, -0.2) is 14.5 Å². The number of nitrogens with zero attached hydrogens (tertiary/aromatic N) is 2. The van der Waals surface area contributed by atoms with Gasteiger partial charge in [0.05, 0.1) is 17.4 Å². The largest absolute Gasteiger partial charge is 0.329 e. The lowest BCUT2D eigenvalue weighted by atomic mass is 10.2. The topological polar surface area (TPSA) is 67.8 Å². The maximum absolute atomic E-state index is 12.6. The van der Waals surface area contributed by atoms with Crippen LogP contribution >= 0.6 is 11.6 Å². The van der Waals surface area contributed by atoms with E-state index in [4.69, 9.17) is 11.6 Å². The summed E-state index contributed by atoms with van der Waals surface area (Å²) in [6.45, 7) is 0.221. The number of benzene rings is 1. The van der Waals surface area contributed by atoms with E-state index in [0.29, 0.717) is 21.8 Å². The van der Waals surface area contributed by atoms with E-state index < -0.39 is 5.69 Å². The molecule has 2 aromatic heterocycles. The SMILES string of the molecule is O=c1[nH]c2ccc(Cl)cc2c(=O)n1Cc1ccnc(C2CC2)c1. The van der Waals surface area contributed by atoms with Crippen LogP contribution in [0.3, 0.4) is 0 Å². The highest BCUT2D eigenvalue weighted by atomic mass is 35.5. The fraction of sp³-hybridized carbons (Fsp3) is 0.235. The van der Waals surface area contributed by atoms with Crippen LogP contribution in [0, 0.1) is 0 Å². The molecule has 1 aliphatic rings. The molecule has 2 heterocycles. The third kappa shape index (κ3) is 2.68. The van der Waals surface area contributed by atoms with Crippen molar-refractivity contribution in [2.75, 3.05) is 0 Å². The fourth-order valence-corrected chi connectivity index (χ4v) is 2.92. The first kappa shape index (κ1) is 14.2. The van der Waals surface area contributed by atoms with Gasteiger partial charge in [0.25, 0.3) is 5.56 Å². The number of fused-ring (bicyclic) bond motifs is 1. The summed E-state index contributed by atoms with van der Waals surface area (Å²) in [7, 11) is 0. The minimum Gasteiger partial charge on any atom is -0.307 e. The van der Waals surface area contributed by atoms with E-state index in [1.165, 1.54) is 4.57 Å². The van der Waals surface area contributed by atoms with Gasteiger partial charge in [-0.05, 0) is 48.7 Å². The van der Waals surface area contributed by atoms with Crippen molar-refractivity contribution in [3.8, 4) is 0 Å². The molecule has 1 N–H and O–H groups in total. The van der Waals surface area contributed by atoms with Gasteiger partial charge in [0.2, 0.25) is 0 Å². The molecule has 0 spiro atoms. The van der Waals surface area contributed by atoms with Gasteiger partial charge in [-0.3, -0.25) is 14.3 Å².